The van der Waals surface area contributed by atoms with E-state index in [1.165, 1.54) is 0 Å². The van der Waals surface area contributed by atoms with E-state index in [1.807, 2.05) is 103 Å². The SMILES string of the molecule is CN(c1ccccc1)c1sc(=O)c(-c2ccccc2)c(O)[n+]1-c1ccccc1. The lowest BCUT2D eigenvalue weighted by Gasteiger charge is -2.16. The van der Waals surface area contributed by atoms with E-state index in [1.54, 1.807) is 4.57 Å². The van der Waals surface area contributed by atoms with Gasteiger partial charge >= 0.3 is 11.0 Å². The minimum Gasteiger partial charge on any atom is -0.477 e. The van der Waals surface area contributed by atoms with Gasteiger partial charge in [-0.2, -0.15) is 4.57 Å². The van der Waals surface area contributed by atoms with E-state index in [0.29, 0.717) is 16.3 Å². The lowest BCUT2D eigenvalue weighted by atomic mass is 10.1. The van der Waals surface area contributed by atoms with Crippen molar-refractivity contribution in [2.45, 2.75) is 0 Å². The molecule has 4 nitrogen and oxygen atoms in total. The molecule has 0 unspecified atom stereocenters. The number of benzene rings is 3. The predicted molar refractivity (Wildman–Crippen MR) is 114 cm³/mol. The van der Waals surface area contributed by atoms with E-state index in [-0.39, 0.29) is 10.6 Å². The molecule has 0 bridgehead atoms. The maximum atomic E-state index is 13.0. The molecule has 0 aliphatic rings. The summed E-state index contributed by atoms with van der Waals surface area (Å²) in [5.74, 6) is -0.0704. The van der Waals surface area contributed by atoms with Crippen molar-refractivity contribution in [1.82, 2.24) is 0 Å². The summed E-state index contributed by atoms with van der Waals surface area (Å²) in [6.07, 6.45) is 0. The van der Waals surface area contributed by atoms with Crippen LogP contribution in [0.3, 0.4) is 0 Å². The third-order valence-electron chi connectivity index (χ3n) is 4.52. The molecular weight excluding hydrogens is 368 g/mol. The van der Waals surface area contributed by atoms with Gasteiger partial charge in [-0.25, -0.2) is 4.90 Å². The molecule has 28 heavy (non-hydrogen) atoms. The van der Waals surface area contributed by atoms with E-state index in [0.717, 1.165) is 22.7 Å². The minimum absolute atomic E-state index is 0.0704. The highest BCUT2D eigenvalue weighted by molar-refractivity contribution is 7.13. The van der Waals surface area contributed by atoms with Crippen LogP contribution < -0.4 is 14.2 Å². The maximum absolute atomic E-state index is 13.0. The van der Waals surface area contributed by atoms with Crippen LogP contribution in [0.15, 0.2) is 95.8 Å². The van der Waals surface area contributed by atoms with E-state index in [9.17, 15) is 9.90 Å². The van der Waals surface area contributed by atoms with Crippen molar-refractivity contribution in [2.24, 2.45) is 0 Å². The van der Waals surface area contributed by atoms with Crippen LogP contribution in [0.1, 0.15) is 0 Å². The fourth-order valence-corrected chi connectivity index (χ4v) is 4.12. The summed E-state index contributed by atoms with van der Waals surface area (Å²) in [6.45, 7) is 0. The van der Waals surface area contributed by atoms with Gasteiger partial charge in [-0.05, 0) is 41.2 Å². The molecule has 1 heterocycles. The maximum Gasteiger partial charge on any atom is 0.352 e. The fourth-order valence-electron chi connectivity index (χ4n) is 3.12. The van der Waals surface area contributed by atoms with Crippen molar-refractivity contribution in [2.75, 3.05) is 11.9 Å². The Morgan fingerprint density at radius 1 is 0.821 bits per heavy atom. The topological polar surface area (TPSA) is 44.4 Å². The Hall–Kier alpha value is -3.44. The van der Waals surface area contributed by atoms with Crippen LogP contribution in [0.4, 0.5) is 10.8 Å². The quantitative estimate of drug-likeness (QED) is 0.524. The molecule has 0 radical (unpaired) electrons. The molecule has 0 saturated heterocycles. The molecule has 1 aromatic heterocycles. The molecule has 0 aliphatic carbocycles. The highest BCUT2D eigenvalue weighted by atomic mass is 32.1. The summed E-state index contributed by atoms with van der Waals surface area (Å²) < 4.78 is 1.54. The number of hydrogen-bond acceptors (Lipinski definition) is 4. The number of anilines is 2. The van der Waals surface area contributed by atoms with Crippen LogP contribution in [0.25, 0.3) is 16.8 Å². The first kappa shape index (κ1) is 17.9. The minimum atomic E-state index is -0.186. The lowest BCUT2D eigenvalue weighted by molar-refractivity contribution is -0.587. The number of para-hydroxylation sites is 2. The van der Waals surface area contributed by atoms with Gasteiger partial charge in [-0.3, -0.25) is 4.79 Å². The molecule has 0 amide bonds. The highest BCUT2D eigenvalue weighted by Crippen LogP contribution is 2.31. The molecule has 4 aromatic rings. The molecule has 138 valence electrons. The third kappa shape index (κ3) is 3.28. The van der Waals surface area contributed by atoms with Crippen molar-refractivity contribution in [1.29, 1.82) is 0 Å². The third-order valence-corrected chi connectivity index (χ3v) is 5.55. The Balaban J connectivity index is 2.00. The van der Waals surface area contributed by atoms with E-state index in [4.69, 9.17) is 0 Å². The number of aromatic hydroxyl groups is 1. The van der Waals surface area contributed by atoms with Crippen LogP contribution in [0.5, 0.6) is 5.88 Å². The average molecular weight is 387 g/mol. The van der Waals surface area contributed by atoms with Gasteiger partial charge in [-0.1, -0.05) is 66.7 Å². The molecule has 0 fully saturated rings. The number of hydrogen-bond donors (Lipinski definition) is 1. The van der Waals surface area contributed by atoms with E-state index in [2.05, 4.69) is 0 Å². The normalized spacial score (nSPS) is 10.6. The van der Waals surface area contributed by atoms with E-state index >= 15 is 0 Å². The summed E-state index contributed by atoms with van der Waals surface area (Å²) in [5, 5.41) is 11.8. The molecule has 5 heteroatoms. The Morgan fingerprint density at radius 3 is 1.96 bits per heavy atom. The smallest absolute Gasteiger partial charge is 0.352 e. The average Bonchev–Trinajstić information content (AvgIpc) is 2.75. The van der Waals surface area contributed by atoms with Crippen molar-refractivity contribution in [3.05, 3.63) is 101 Å². The lowest BCUT2D eigenvalue weighted by Crippen LogP contribution is -2.38. The molecule has 0 saturated carbocycles. The summed E-state index contributed by atoms with van der Waals surface area (Å²) in [6, 6.07) is 28.6. The van der Waals surface area contributed by atoms with Gasteiger partial charge in [0.2, 0.25) is 0 Å². The second-order valence-corrected chi connectivity index (χ2v) is 7.24. The van der Waals surface area contributed by atoms with Gasteiger partial charge in [0, 0.05) is 0 Å². The van der Waals surface area contributed by atoms with Gasteiger partial charge in [0.15, 0.2) is 0 Å². The van der Waals surface area contributed by atoms with Gasteiger partial charge < -0.3 is 5.11 Å². The van der Waals surface area contributed by atoms with Gasteiger partial charge in [0.05, 0.1) is 7.05 Å². The van der Waals surface area contributed by atoms with Crippen molar-refractivity contribution < 1.29 is 9.67 Å². The zero-order chi connectivity index (χ0) is 19.5. The van der Waals surface area contributed by atoms with Crippen LogP contribution in [0, 0.1) is 0 Å². The van der Waals surface area contributed by atoms with Crippen molar-refractivity contribution in [3.63, 3.8) is 0 Å². The van der Waals surface area contributed by atoms with Gasteiger partial charge in [0.25, 0.3) is 4.74 Å². The van der Waals surface area contributed by atoms with Crippen LogP contribution in [-0.2, 0) is 0 Å². The summed E-state index contributed by atoms with van der Waals surface area (Å²) in [5.41, 5.74) is 2.71. The fraction of sp³-hybridized carbons (Fsp3) is 0.0435. The first-order valence-electron chi connectivity index (χ1n) is 8.88. The Kier molecular flexibility index (Phi) is 4.91. The molecule has 4 rings (SSSR count). The zero-order valence-electron chi connectivity index (χ0n) is 15.3. The second kappa shape index (κ2) is 7.66. The standard InChI is InChI=1S/C23H18N2O2S/c1-24(18-13-7-3-8-14-18)23-25(19-15-9-4-10-16-19)21(26)20(22(27)28-23)17-11-5-2-6-12-17/h2-16H,1H3/p+1. The largest absolute Gasteiger partial charge is 0.477 e. The number of rotatable bonds is 4. The molecule has 0 aliphatic heterocycles. The molecule has 0 spiro atoms. The second-order valence-electron chi connectivity index (χ2n) is 6.30. The van der Waals surface area contributed by atoms with Gasteiger partial charge in [0.1, 0.15) is 16.9 Å². The Morgan fingerprint density at radius 2 is 1.36 bits per heavy atom. The van der Waals surface area contributed by atoms with Crippen LogP contribution in [-0.4, -0.2) is 12.2 Å². The number of aromatic nitrogens is 1. The molecular formula is C23H19N2O2S+. The Bertz CT molecular complexity index is 1140. The molecule has 3 aromatic carbocycles. The zero-order valence-corrected chi connectivity index (χ0v) is 16.1. The summed E-state index contributed by atoms with van der Waals surface area (Å²) >= 11 is 1.11. The predicted octanol–water partition coefficient (Wildman–Crippen LogP) is 4.53. The van der Waals surface area contributed by atoms with Crippen LogP contribution in [0.2, 0.25) is 0 Å². The first-order chi connectivity index (χ1) is 13.7. The summed E-state index contributed by atoms with van der Waals surface area (Å²) in [4.78, 5) is 14.9. The highest BCUT2D eigenvalue weighted by Gasteiger charge is 2.29. The van der Waals surface area contributed by atoms with Crippen LogP contribution >= 0.6 is 11.3 Å². The van der Waals surface area contributed by atoms with Crippen molar-refractivity contribution >= 4 is 22.2 Å². The summed E-state index contributed by atoms with van der Waals surface area (Å²) in [7, 11) is 1.89. The Labute approximate surface area is 167 Å². The van der Waals surface area contributed by atoms with Crippen molar-refractivity contribution in [3.8, 4) is 22.7 Å². The van der Waals surface area contributed by atoms with E-state index < -0.39 is 0 Å². The first-order valence-corrected chi connectivity index (χ1v) is 9.70. The molecule has 0 atom stereocenters. The monoisotopic (exact) mass is 387 g/mol. The van der Waals surface area contributed by atoms with Gasteiger partial charge in [-0.15, -0.1) is 0 Å². The number of nitrogens with zero attached hydrogens (tertiary/aromatic N) is 2. The molecule has 1 N–H and O–H groups in total.